The highest BCUT2D eigenvalue weighted by molar-refractivity contribution is 6.06. The fourth-order valence-corrected chi connectivity index (χ4v) is 2.93. The summed E-state index contributed by atoms with van der Waals surface area (Å²) in [7, 11) is 1.57. The molecule has 1 amide bonds. The zero-order chi connectivity index (χ0) is 17.8. The highest BCUT2D eigenvalue weighted by Crippen LogP contribution is 2.30. The molecule has 0 radical (unpaired) electrons. The standard InChI is InChI=1S/C19H23N3O3/c1-13-10-16(20)17(12-18(13)22-6-8-25-9-7-22)21-19(23)14-4-3-5-15(11-14)24-2/h3-5,10-12H,6-9,20H2,1-2H3,(H,21,23). The molecule has 132 valence electrons. The number of nitrogens with one attached hydrogen (secondary N) is 1. The predicted molar refractivity (Wildman–Crippen MR) is 99.6 cm³/mol. The number of nitrogens with zero attached hydrogens (tertiary/aromatic N) is 1. The van der Waals surface area contributed by atoms with Crippen LogP contribution in [0, 0.1) is 6.92 Å². The Kier molecular flexibility index (Phi) is 5.09. The average Bonchev–Trinajstić information content (AvgIpc) is 2.64. The molecule has 25 heavy (non-hydrogen) atoms. The van der Waals surface area contributed by atoms with Crippen LogP contribution in [0.3, 0.4) is 0 Å². The Labute approximate surface area is 147 Å². The van der Waals surface area contributed by atoms with E-state index in [1.54, 1.807) is 31.4 Å². The number of hydrogen-bond donors (Lipinski definition) is 2. The maximum atomic E-state index is 12.6. The number of ether oxygens (including phenoxy) is 2. The van der Waals surface area contributed by atoms with Crippen LogP contribution in [0.15, 0.2) is 36.4 Å². The summed E-state index contributed by atoms with van der Waals surface area (Å²) in [6.07, 6.45) is 0. The third-order valence-corrected chi connectivity index (χ3v) is 4.30. The van der Waals surface area contributed by atoms with Gasteiger partial charge in [-0.25, -0.2) is 0 Å². The Balaban J connectivity index is 1.84. The van der Waals surface area contributed by atoms with Crippen molar-refractivity contribution in [3.63, 3.8) is 0 Å². The Morgan fingerprint density at radius 3 is 2.72 bits per heavy atom. The zero-order valence-electron chi connectivity index (χ0n) is 14.5. The molecule has 2 aromatic rings. The number of nitrogen functional groups attached to an aromatic ring is 1. The Morgan fingerprint density at radius 2 is 2.00 bits per heavy atom. The van der Waals surface area contributed by atoms with E-state index in [4.69, 9.17) is 15.2 Å². The van der Waals surface area contributed by atoms with Gasteiger partial charge >= 0.3 is 0 Å². The number of anilines is 3. The fraction of sp³-hybridized carbons (Fsp3) is 0.316. The highest BCUT2D eigenvalue weighted by atomic mass is 16.5. The van der Waals surface area contributed by atoms with Crippen molar-refractivity contribution in [2.24, 2.45) is 0 Å². The van der Waals surface area contributed by atoms with E-state index in [2.05, 4.69) is 10.2 Å². The minimum atomic E-state index is -0.220. The van der Waals surface area contributed by atoms with E-state index in [0.717, 1.165) is 24.3 Å². The Bertz CT molecular complexity index is 771. The van der Waals surface area contributed by atoms with Crippen LogP contribution in [-0.2, 0) is 4.74 Å². The van der Waals surface area contributed by atoms with E-state index in [1.165, 1.54) is 0 Å². The molecule has 0 spiro atoms. The lowest BCUT2D eigenvalue weighted by atomic mass is 10.1. The van der Waals surface area contributed by atoms with Gasteiger partial charge in [-0.3, -0.25) is 4.79 Å². The number of morpholine rings is 1. The first-order valence-electron chi connectivity index (χ1n) is 8.26. The second-order valence-electron chi connectivity index (χ2n) is 6.01. The quantitative estimate of drug-likeness (QED) is 0.836. The van der Waals surface area contributed by atoms with Gasteiger partial charge in [0.1, 0.15) is 5.75 Å². The minimum absolute atomic E-state index is 0.220. The summed E-state index contributed by atoms with van der Waals surface area (Å²) in [5.74, 6) is 0.418. The molecule has 0 aromatic heterocycles. The molecule has 6 heteroatoms. The fourth-order valence-electron chi connectivity index (χ4n) is 2.93. The number of carbonyl (C=O) groups is 1. The molecule has 0 bridgehead atoms. The van der Waals surface area contributed by atoms with Crippen molar-refractivity contribution >= 4 is 23.0 Å². The molecule has 0 aliphatic carbocycles. The van der Waals surface area contributed by atoms with Crippen molar-refractivity contribution < 1.29 is 14.3 Å². The van der Waals surface area contributed by atoms with E-state index < -0.39 is 0 Å². The molecule has 2 aromatic carbocycles. The molecule has 1 heterocycles. The third-order valence-electron chi connectivity index (χ3n) is 4.30. The van der Waals surface area contributed by atoms with E-state index in [1.807, 2.05) is 19.1 Å². The van der Waals surface area contributed by atoms with Gasteiger partial charge in [-0.15, -0.1) is 0 Å². The molecular formula is C19H23N3O3. The summed E-state index contributed by atoms with van der Waals surface area (Å²) in [4.78, 5) is 14.8. The summed E-state index contributed by atoms with van der Waals surface area (Å²) in [5.41, 5.74) is 9.95. The molecule has 1 saturated heterocycles. The summed E-state index contributed by atoms with van der Waals surface area (Å²) in [5, 5.41) is 2.91. The monoisotopic (exact) mass is 341 g/mol. The van der Waals surface area contributed by atoms with Gasteiger partial charge in [-0.05, 0) is 42.8 Å². The number of methoxy groups -OCH3 is 1. The molecule has 3 N–H and O–H groups in total. The zero-order valence-corrected chi connectivity index (χ0v) is 14.5. The largest absolute Gasteiger partial charge is 0.497 e. The smallest absolute Gasteiger partial charge is 0.255 e. The molecule has 3 rings (SSSR count). The van der Waals surface area contributed by atoms with Crippen molar-refractivity contribution in [2.45, 2.75) is 6.92 Å². The number of amides is 1. The Hall–Kier alpha value is -2.73. The number of carbonyl (C=O) groups excluding carboxylic acids is 1. The van der Waals surface area contributed by atoms with Gasteiger partial charge in [-0.1, -0.05) is 6.07 Å². The number of benzene rings is 2. The van der Waals surface area contributed by atoms with Crippen LogP contribution in [0.1, 0.15) is 15.9 Å². The summed E-state index contributed by atoms with van der Waals surface area (Å²) in [6, 6.07) is 10.9. The van der Waals surface area contributed by atoms with Gasteiger partial charge in [0.05, 0.1) is 31.7 Å². The van der Waals surface area contributed by atoms with E-state index in [9.17, 15) is 4.79 Å². The maximum Gasteiger partial charge on any atom is 0.255 e. The molecule has 6 nitrogen and oxygen atoms in total. The van der Waals surface area contributed by atoms with Crippen LogP contribution < -0.4 is 20.7 Å². The highest BCUT2D eigenvalue weighted by Gasteiger charge is 2.17. The van der Waals surface area contributed by atoms with E-state index >= 15 is 0 Å². The SMILES string of the molecule is COc1cccc(C(=O)Nc2cc(N3CCOCC3)c(C)cc2N)c1. The molecule has 1 fully saturated rings. The second-order valence-corrected chi connectivity index (χ2v) is 6.01. The number of aryl methyl sites for hydroxylation is 1. The van der Waals surface area contributed by atoms with Gasteiger partial charge in [0, 0.05) is 24.3 Å². The van der Waals surface area contributed by atoms with E-state index in [0.29, 0.717) is 35.9 Å². The topological polar surface area (TPSA) is 76.8 Å². The summed E-state index contributed by atoms with van der Waals surface area (Å²) >= 11 is 0. The van der Waals surface area contributed by atoms with Gasteiger partial charge in [0.2, 0.25) is 0 Å². The van der Waals surface area contributed by atoms with Crippen LogP contribution >= 0.6 is 0 Å². The predicted octanol–water partition coefficient (Wildman–Crippen LogP) is 2.67. The molecule has 0 unspecified atom stereocenters. The third kappa shape index (κ3) is 3.85. The lowest BCUT2D eigenvalue weighted by molar-refractivity contribution is 0.102. The van der Waals surface area contributed by atoms with Crippen LogP contribution in [0.2, 0.25) is 0 Å². The van der Waals surface area contributed by atoms with Gasteiger partial charge < -0.3 is 25.4 Å². The maximum absolute atomic E-state index is 12.6. The first kappa shape index (κ1) is 17.1. The van der Waals surface area contributed by atoms with Crippen molar-refractivity contribution in [1.82, 2.24) is 0 Å². The van der Waals surface area contributed by atoms with Gasteiger partial charge in [0.15, 0.2) is 0 Å². The second kappa shape index (κ2) is 7.44. The molecule has 1 aliphatic heterocycles. The normalized spacial score (nSPS) is 14.2. The first-order valence-corrected chi connectivity index (χ1v) is 8.26. The van der Waals surface area contributed by atoms with Gasteiger partial charge in [0.25, 0.3) is 5.91 Å². The van der Waals surface area contributed by atoms with Crippen LogP contribution in [0.5, 0.6) is 5.75 Å². The van der Waals surface area contributed by atoms with Crippen LogP contribution in [0.25, 0.3) is 0 Å². The molecular weight excluding hydrogens is 318 g/mol. The van der Waals surface area contributed by atoms with Crippen molar-refractivity contribution in [3.8, 4) is 5.75 Å². The summed E-state index contributed by atoms with van der Waals surface area (Å²) in [6.45, 7) is 5.08. The number of nitrogens with two attached hydrogens (primary N) is 1. The number of rotatable bonds is 4. The van der Waals surface area contributed by atoms with Crippen molar-refractivity contribution in [3.05, 3.63) is 47.5 Å². The Morgan fingerprint density at radius 1 is 1.24 bits per heavy atom. The van der Waals surface area contributed by atoms with E-state index in [-0.39, 0.29) is 5.91 Å². The lowest BCUT2D eigenvalue weighted by Gasteiger charge is -2.30. The van der Waals surface area contributed by atoms with Crippen LogP contribution in [0.4, 0.5) is 17.1 Å². The molecule has 1 aliphatic rings. The average molecular weight is 341 g/mol. The molecule has 0 saturated carbocycles. The first-order chi connectivity index (χ1) is 12.1. The number of hydrogen-bond acceptors (Lipinski definition) is 5. The lowest BCUT2D eigenvalue weighted by Crippen LogP contribution is -2.36. The summed E-state index contributed by atoms with van der Waals surface area (Å²) < 4.78 is 10.6. The molecule has 0 atom stereocenters. The minimum Gasteiger partial charge on any atom is -0.497 e. The van der Waals surface area contributed by atoms with Gasteiger partial charge in [-0.2, -0.15) is 0 Å². The van der Waals surface area contributed by atoms with Crippen molar-refractivity contribution in [2.75, 3.05) is 49.4 Å². The van der Waals surface area contributed by atoms with Crippen molar-refractivity contribution in [1.29, 1.82) is 0 Å². The van der Waals surface area contributed by atoms with Crippen LogP contribution in [-0.4, -0.2) is 39.3 Å².